The van der Waals surface area contributed by atoms with Crippen LogP contribution < -0.4 is 4.74 Å². The van der Waals surface area contributed by atoms with Gasteiger partial charge in [-0.1, -0.05) is 20.8 Å². The maximum absolute atomic E-state index is 10.7. The summed E-state index contributed by atoms with van der Waals surface area (Å²) in [5.74, 6) is -0.242. The standard InChI is InChI=1S/C16H24O4/c1-16(2,3)9-12-19-10-4-11-20-14-7-5-13(6-8-14)15(17)18/h5-8H,4,9-12H2,1-3H3,(H,17,18). The number of aromatic carboxylic acids is 1. The van der Waals surface area contributed by atoms with Gasteiger partial charge in [0.1, 0.15) is 5.75 Å². The van der Waals surface area contributed by atoms with Crippen LogP contribution in [0, 0.1) is 5.41 Å². The monoisotopic (exact) mass is 280 g/mol. The first-order valence-corrected chi connectivity index (χ1v) is 6.92. The third-order valence-electron chi connectivity index (χ3n) is 2.80. The number of benzene rings is 1. The minimum atomic E-state index is -0.927. The number of ether oxygens (including phenoxy) is 2. The molecule has 1 aromatic rings. The molecule has 0 spiro atoms. The lowest BCUT2D eigenvalue weighted by atomic mass is 9.93. The van der Waals surface area contributed by atoms with Crippen LogP contribution in [0.15, 0.2) is 24.3 Å². The number of hydrogen-bond acceptors (Lipinski definition) is 3. The highest BCUT2D eigenvalue weighted by atomic mass is 16.5. The lowest BCUT2D eigenvalue weighted by molar-refractivity contribution is 0.0697. The third-order valence-corrected chi connectivity index (χ3v) is 2.80. The molecule has 112 valence electrons. The van der Waals surface area contributed by atoms with Crippen molar-refractivity contribution in [1.29, 1.82) is 0 Å². The Hall–Kier alpha value is -1.55. The van der Waals surface area contributed by atoms with Gasteiger partial charge in [-0.15, -0.1) is 0 Å². The van der Waals surface area contributed by atoms with E-state index in [1.807, 2.05) is 0 Å². The molecule has 0 bridgehead atoms. The molecule has 1 rings (SSSR count). The third kappa shape index (κ3) is 7.14. The van der Waals surface area contributed by atoms with Crippen molar-refractivity contribution >= 4 is 5.97 Å². The Morgan fingerprint density at radius 2 is 1.75 bits per heavy atom. The Bertz CT molecular complexity index is 403. The second kappa shape index (κ2) is 7.90. The maximum atomic E-state index is 10.7. The molecule has 0 aliphatic rings. The maximum Gasteiger partial charge on any atom is 0.335 e. The zero-order valence-electron chi connectivity index (χ0n) is 12.5. The molecule has 0 heterocycles. The fraction of sp³-hybridized carbons (Fsp3) is 0.562. The minimum absolute atomic E-state index is 0.267. The van der Waals surface area contributed by atoms with Crippen molar-refractivity contribution in [3.05, 3.63) is 29.8 Å². The highest BCUT2D eigenvalue weighted by Crippen LogP contribution is 2.18. The molecule has 1 aromatic carbocycles. The highest BCUT2D eigenvalue weighted by Gasteiger charge is 2.09. The minimum Gasteiger partial charge on any atom is -0.494 e. The van der Waals surface area contributed by atoms with Crippen molar-refractivity contribution in [2.24, 2.45) is 5.41 Å². The Balaban J connectivity index is 2.11. The van der Waals surface area contributed by atoms with Gasteiger partial charge in [-0.2, -0.15) is 0 Å². The first kappa shape index (κ1) is 16.5. The first-order valence-electron chi connectivity index (χ1n) is 6.92. The molecule has 0 atom stereocenters. The number of carbonyl (C=O) groups is 1. The molecule has 4 nitrogen and oxygen atoms in total. The lowest BCUT2D eigenvalue weighted by Crippen LogP contribution is -2.11. The topological polar surface area (TPSA) is 55.8 Å². The van der Waals surface area contributed by atoms with Crippen LogP contribution in [-0.4, -0.2) is 30.9 Å². The lowest BCUT2D eigenvalue weighted by Gasteiger charge is -2.17. The van der Waals surface area contributed by atoms with E-state index in [9.17, 15) is 4.79 Å². The fourth-order valence-corrected chi connectivity index (χ4v) is 1.53. The summed E-state index contributed by atoms with van der Waals surface area (Å²) in [6, 6.07) is 6.42. The average molecular weight is 280 g/mol. The summed E-state index contributed by atoms with van der Waals surface area (Å²) in [5, 5.41) is 8.77. The van der Waals surface area contributed by atoms with E-state index < -0.39 is 5.97 Å². The SMILES string of the molecule is CC(C)(C)CCOCCCOc1ccc(C(=O)O)cc1. The fourth-order valence-electron chi connectivity index (χ4n) is 1.53. The first-order chi connectivity index (χ1) is 9.38. The van der Waals surface area contributed by atoms with Gasteiger partial charge in [0.05, 0.1) is 12.2 Å². The summed E-state index contributed by atoms with van der Waals surface area (Å²) < 4.78 is 11.1. The van der Waals surface area contributed by atoms with Crippen LogP contribution in [-0.2, 0) is 4.74 Å². The molecule has 0 aliphatic heterocycles. The molecule has 0 aromatic heterocycles. The second-order valence-electron chi connectivity index (χ2n) is 5.95. The van der Waals surface area contributed by atoms with Crippen LogP contribution in [0.25, 0.3) is 0 Å². The second-order valence-corrected chi connectivity index (χ2v) is 5.95. The summed E-state index contributed by atoms with van der Waals surface area (Å²) >= 11 is 0. The van der Waals surface area contributed by atoms with Gasteiger partial charge >= 0.3 is 5.97 Å². The molecule has 0 saturated carbocycles. The van der Waals surface area contributed by atoms with E-state index in [-0.39, 0.29) is 5.56 Å². The van der Waals surface area contributed by atoms with E-state index in [0.29, 0.717) is 24.4 Å². The Morgan fingerprint density at radius 1 is 1.10 bits per heavy atom. The largest absolute Gasteiger partial charge is 0.494 e. The van der Waals surface area contributed by atoms with E-state index in [0.717, 1.165) is 19.4 Å². The zero-order chi connectivity index (χ0) is 15.0. The molecule has 20 heavy (non-hydrogen) atoms. The Morgan fingerprint density at radius 3 is 2.30 bits per heavy atom. The molecule has 0 fully saturated rings. The van der Waals surface area contributed by atoms with E-state index in [4.69, 9.17) is 14.6 Å². The molecular formula is C16H24O4. The molecular weight excluding hydrogens is 256 g/mol. The van der Waals surface area contributed by atoms with Gasteiger partial charge < -0.3 is 14.6 Å². The van der Waals surface area contributed by atoms with E-state index in [1.54, 1.807) is 12.1 Å². The van der Waals surface area contributed by atoms with Crippen LogP contribution in [0.5, 0.6) is 5.75 Å². The Labute approximate surface area is 120 Å². The predicted octanol–water partition coefficient (Wildman–Crippen LogP) is 3.61. The van der Waals surface area contributed by atoms with E-state index in [1.165, 1.54) is 12.1 Å². The molecule has 4 heteroatoms. The number of rotatable bonds is 8. The van der Waals surface area contributed by atoms with Gasteiger partial charge in [0.2, 0.25) is 0 Å². The van der Waals surface area contributed by atoms with Crippen LogP contribution >= 0.6 is 0 Å². The zero-order valence-corrected chi connectivity index (χ0v) is 12.5. The molecule has 0 aliphatic carbocycles. The summed E-state index contributed by atoms with van der Waals surface area (Å²) in [6.07, 6.45) is 1.87. The summed E-state index contributed by atoms with van der Waals surface area (Å²) in [5.41, 5.74) is 0.574. The average Bonchev–Trinajstić information content (AvgIpc) is 2.37. The van der Waals surface area contributed by atoms with Crippen molar-refractivity contribution < 1.29 is 19.4 Å². The molecule has 1 N–H and O–H groups in total. The van der Waals surface area contributed by atoms with Crippen molar-refractivity contribution in [2.45, 2.75) is 33.6 Å². The van der Waals surface area contributed by atoms with Crippen molar-refractivity contribution in [3.8, 4) is 5.75 Å². The summed E-state index contributed by atoms with van der Waals surface area (Å²) in [4.78, 5) is 10.7. The normalized spacial score (nSPS) is 11.3. The number of carboxylic acid groups (broad SMARTS) is 1. The van der Waals surface area contributed by atoms with Crippen LogP contribution in [0.1, 0.15) is 44.0 Å². The van der Waals surface area contributed by atoms with Gasteiger partial charge in [0.25, 0.3) is 0 Å². The smallest absolute Gasteiger partial charge is 0.335 e. The number of carboxylic acids is 1. The van der Waals surface area contributed by atoms with Crippen LogP contribution in [0.4, 0.5) is 0 Å². The van der Waals surface area contributed by atoms with Crippen molar-refractivity contribution in [3.63, 3.8) is 0 Å². The highest BCUT2D eigenvalue weighted by molar-refractivity contribution is 5.87. The molecule has 0 unspecified atom stereocenters. The quantitative estimate of drug-likeness (QED) is 0.739. The van der Waals surface area contributed by atoms with Crippen molar-refractivity contribution in [2.75, 3.05) is 19.8 Å². The number of hydrogen-bond donors (Lipinski definition) is 1. The van der Waals surface area contributed by atoms with Gasteiger partial charge in [-0.3, -0.25) is 0 Å². The van der Waals surface area contributed by atoms with Crippen LogP contribution in [0.2, 0.25) is 0 Å². The van der Waals surface area contributed by atoms with E-state index >= 15 is 0 Å². The van der Waals surface area contributed by atoms with Gasteiger partial charge in [0, 0.05) is 19.6 Å². The van der Waals surface area contributed by atoms with Gasteiger partial charge in [-0.25, -0.2) is 4.79 Å². The molecule has 0 amide bonds. The molecule has 0 saturated heterocycles. The van der Waals surface area contributed by atoms with E-state index in [2.05, 4.69) is 20.8 Å². The van der Waals surface area contributed by atoms with Crippen LogP contribution in [0.3, 0.4) is 0 Å². The van der Waals surface area contributed by atoms with Gasteiger partial charge in [0.15, 0.2) is 0 Å². The van der Waals surface area contributed by atoms with Gasteiger partial charge in [-0.05, 0) is 36.1 Å². The molecule has 0 radical (unpaired) electrons. The van der Waals surface area contributed by atoms with Crippen molar-refractivity contribution in [1.82, 2.24) is 0 Å². The predicted molar refractivity (Wildman–Crippen MR) is 78.4 cm³/mol. The summed E-state index contributed by atoms with van der Waals surface area (Å²) in [6.45, 7) is 8.61. The summed E-state index contributed by atoms with van der Waals surface area (Å²) in [7, 11) is 0. The Kier molecular flexibility index (Phi) is 6.52.